The van der Waals surface area contributed by atoms with Crippen molar-refractivity contribution in [2.45, 2.75) is 13.8 Å². The SMILES string of the molecule is CN(CC(=O)O)C(=O)C(C)(C)CN. The molecule has 0 saturated carbocycles. The van der Waals surface area contributed by atoms with E-state index in [-0.39, 0.29) is 19.0 Å². The van der Waals surface area contributed by atoms with Crippen LogP contribution in [0.4, 0.5) is 0 Å². The van der Waals surface area contributed by atoms with Crippen molar-refractivity contribution in [1.82, 2.24) is 4.90 Å². The summed E-state index contributed by atoms with van der Waals surface area (Å²) in [6.45, 7) is 3.29. The third kappa shape index (κ3) is 3.42. The fourth-order valence-corrected chi connectivity index (χ4v) is 0.879. The Hall–Kier alpha value is -1.10. The van der Waals surface area contributed by atoms with Gasteiger partial charge in [-0.1, -0.05) is 0 Å². The Balaban J connectivity index is 4.34. The number of carboxylic acids is 1. The molecule has 5 heteroatoms. The number of carbonyl (C=O) groups is 2. The van der Waals surface area contributed by atoms with Gasteiger partial charge in [0.2, 0.25) is 5.91 Å². The van der Waals surface area contributed by atoms with Crippen LogP contribution in [0.15, 0.2) is 0 Å². The first-order valence-corrected chi connectivity index (χ1v) is 3.98. The first kappa shape index (κ1) is 11.9. The second-order valence-electron chi connectivity index (χ2n) is 3.64. The van der Waals surface area contributed by atoms with Crippen LogP contribution in [0.5, 0.6) is 0 Å². The Morgan fingerprint density at radius 2 is 1.92 bits per heavy atom. The van der Waals surface area contributed by atoms with Crippen LogP contribution >= 0.6 is 0 Å². The van der Waals surface area contributed by atoms with Gasteiger partial charge >= 0.3 is 5.97 Å². The number of nitrogens with two attached hydrogens (primary N) is 1. The standard InChI is InChI=1S/C8H16N2O3/c1-8(2,5-9)7(13)10(3)4-6(11)12/h4-5,9H2,1-3H3,(H,11,12). The van der Waals surface area contributed by atoms with Crippen molar-refractivity contribution >= 4 is 11.9 Å². The Labute approximate surface area is 77.5 Å². The lowest BCUT2D eigenvalue weighted by Gasteiger charge is -2.26. The maximum atomic E-state index is 11.5. The Morgan fingerprint density at radius 1 is 1.46 bits per heavy atom. The Morgan fingerprint density at radius 3 is 2.23 bits per heavy atom. The zero-order chi connectivity index (χ0) is 10.6. The van der Waals surface area contributed by atoms with E-state index in [2.05, 4.69) is 0 Å². The van der Waals surface area contributed by atoms with Crippen LogP contribution in [0.1, 0.15) is 13.8 Å². The van der Waals surface area contributed by atoms with E-state index < -0.39 is 11.4 Å². The highest BCUT2D eigenvalue weighted by atomic mass is 16.4. The van der Waals surface area contributed by atoms with Gasteiger partial charge in [-0.05, 0) is 13.8 Å². The minimum absolute atomic E-state index is 0.204. The molecule has 0 spiro atoms. The van der Waals surface area contributed by atoms with Gasteiger partial charge in [-0.2, -0.15) is 0 Å². The zero-order valence-corrected chi connectivity index (χ0v) is 8.20. The summed E-state index contributed by atoms with van der Waals surface area (Å²) in [5.41, 5.74) is 4.69. The normalized spacial score (nSPS) is 11.1. The molecule has 3 N–H and O–H groups in total. The quantitative estimate of drug-likeness (QED) is 0.623. The third-order valence-electron chi connectivity index (χ3n) is 1.81. The number of carbonyl (C=O) groups excluding carboxylic acids is 1. The van der Waals surface area contributed by atoms with Crippen LogP contribution in [0.3, 0.4) is 0 Å². The van der Waals surface area contributed by atoms with Gasteiger partial charge in [-0.15, -0.1) is 0 Å². The highest BCUT2D eigenvalue weighted by Gasteiger charge is 2.29. The van der Waals surface area contributed by atoms with Crippen molar-refractivity contribution < 1.29 is 14.7 Å². The van der Waals surface area contributed by atoms with Crippen LogP contribution < -0.4 is 5.73 Å². The lowest BCUT2D eigenvalue weighted by atomic mass is 9.92. The van der Waals surface area contributed by atoms with Gasteiger partial charge in [-0.25, -0.2) is 0 Å². The molecule has 0 saturated heterocycles. The molecule has 0 unspecified atom stereocenters. The number of aliphatic carboxylic acids is 1. The number of rotatable bonds is 4. The van der Waals surface area contributed by atoms with Gasteiger partial charge in [-0.3, -0.25) is 9.59 Å². The van der Waals surface area contributed by atoms with Gasteiger partial charge in [0.25, 0.3) is 0 Å². The van der Waals surface area contributed by atoms with Gasteiger partial charge in [0.15, 0.2) is 0 Å². The molecule has 0 aliphatic carbocycles. The average Bonchev–Trinajstić information content (AvgIpc) is 2.01. The summed E-state index contributed by atoms with van der Waals surface area (Å²) < 4.78 is 0. The molecule has 0 radical (unpaired) electrons. The number of nitrogens with zero attached hydrogens (tertiary/aromatic N) is 1. The van der Waals surface area contributed by atoms with E-state index in [4.69, 9.17) is 10.8 Å². The molecule has 0 fully saturated rings. The summed E-state index contributed by atoms with van der Waals surface area (Å²) in [4.78, 5) is 23.0. The minimum atomic E-state index is -1.02. The molecule has 0 rings (SSSR count). The predicted molar refractivity (Wildman–Crippen MR) is 48.1 cm³/mol. The van der Waals surface area contributed by atoms with E-state index in [1.54, 1.807) is 13.8 Å². The summed E-state index contributed by atoms with van der Waals surface area (Å²) in [5.74, 6) is -1.28. The first-order valence-electron chi connectivity index (χ1n) is 3.98. The molecular formula is C8H16N2O3. The Kier molecular flexibility index (Phi) is 3.87. The van der Waals surface area contributed by atoms with Crippen LogP contribution in [-0.4, -0.2) is 42.0 Å². The minimum Gasteiger partial charge on any atom is -0.480 e. The molecule has 13 heavy (non-hydrogen) atoms. The van der Waals surface area contributed by atoms with Gasteiger partial charge in [0, 0.05) is 13.6 Å². The molecule has 0 aromatic heterocycles. The summed E-state index contributed by atoms with van der Waals surface area (Å²) >= 11 is 0. The molecule has 1 amide bonds. The summed E-state index contributed by atoms with van der Waals surface area (Å²) in [7, 11) is 1.45. The van der Waals surface area contributed by atoms with Crippen LogP contribution in [0, 0.1) is 5.41 Å². The van der Waals surface area contributed by atoms with Crippen LogP contribution in [-0.2, 0) is 9.59 Å². The zero-order valence-electron chi connectivity index (χ0n) is 8.20. The summed E-state index contributed by atoms with van der Waals surface area (Å²) in [6.07, 6.45) is 0. The number of carboxylic acid groups (broad SMARTS) is 1. The second kappa shape index (κ2) is 4.23. The number of amides is 1. The van der Waals surface area contributed by atoms with Gasteiger partial charge in [0.1, 0.15) is 6.54 Å². The number of hydrogen-bond acceptors (Lipinski definition) is 3. The van der Waals surface area contributed by atoms with Crippen molar-refractivity contribution in [3.8, 4) is 0 Å². The Bertz CT molecular complexity index is 213. The molecule has 0 aromatic rings. The largest absolute Gasteiger partial charge is 0.480 e. The topological polar surface area (TPSA) is 83.6 Å². The molecule has 0 atom stereocenters. The molecule has 5 nitrogen and oxygen atoms in total. The second-order valence-corrected chi connectivity index (χ2v) is 3.64. The molecule has 0 aromatic carbocycles. The molecule has 0 aliphatic heterocycles. The smallest absolute Gasteiger partial charge is 0.323 e. The van der Waals surface area contributed by atoms with Crippen LogP contribution in [0.2, 0.25) is 0 Å². The van der Waals surface area contributed by atoms with Crippen molar-refractivity contribution in [3.63, 3.8) is 0 Å². The molecule has 0 bridgehead atoms. The highest BCUT2D eigenvalue weighted by Crippen LogP contribution is 2.15. The maximum absolute atomic E-state index is 11.5. The van der Waals surface area contributed by atoms with Crippen molar-refractivity contribution in [2.24, 2.45) is 11.1 Å². The van der Waals surface area contributed by atoms with E-state index in [1.807, 2.05) is 0 Å². The van der Waals surface area contributed by atoms with Crippen molar-refractivity contribution in [2.75, 3.05) is 20.1 Å². The lowest BCUT2D eigenvalue weighted by Crippen LogP contribution is -2.44. The third-order valence-corrected chi connectivity index (χ3v) is 1.81. The molecule has 76 valence electrons. The maximum Gasteiger partial charge on any atom is 0.323 e. The van der Waals surface area contributed by atoms with Gasteiger partial charge in [0.05, 0.1) is 5.41 Å². The average molecular weight is 188 g/mol. The van der Waals surface area contributed by atoms with Gasteiger partial charge < -0.3 is 15.7 Å². The van der Waals surface area contributed by atoms with Crippen LogP contribution in [0.25, 0.3) is 0 Å². The van der Waals surface area contributed by atoms with E-state index in [0.29, 0.717) is 0 Å². The summed E-state index contributed by atoms with van der Waals surface area (Å²) in [6, 6.07) is 0. The first-order chi connectivity index (χ1) is 5.81. The highest BCUT2D eigenvalue weighted by molar-refractivity contribution is 5.85. The molecule has 0 heterocycles. The van der Waals surface area contributed by atoms with Crippen molar-refractivity contribution in [1.29, 1.82) is 0 Å². The van der Waals surface area contributed by atoms with E-state index in [0.717, 1.165) is 4.90 Å². The van der Waals surface area contributed by atoms with E-state index in [9.17, 15) is 9.59 Å². The van der Waals surface area contributed by atoms with E-state index >= 15 is 0 Å². The van der Waals surface area contributed by atoms with E-state index in [1.165, 1.54) is 7.05 Å². The fourth-order valence-electron chi connectivity index (χ4n) is 0.879. The predicted octanol–water partition coefficient (Wildman–Crippen LogP) is -0.486. The monoisotopic (exact) mass is 188 g/mol. The number of hydrogen-bond donors (Lipinski definition) is 2. The number of likely N-dealkylation sites (N-methyl/N-ethyl adjacent to an activating group) is 1. The fraction of sp³-hybridized carbons (Fsp3) is 0.750. The molecular weight excluding hydrogens is 172 g/mol. The lowest BCUT2D eigenvalue weighted by molar-refractivity contribution is -0.147. The summed E-state index contributed by atoms with van der Waals surface area (Å²) in [5, 5.41) is 8.45. The molecule has 0 aliphatic rings. The van der Waals surface area contributed by atoms with Crippen molar-refractivity contribution in [3.05, 3.63) is 0 Å².